The van der Waals surface area contributed by atoms with Crippen molar-refractivity contribution in [2.45, 2.75) is 56.1 Å². The summed E-state index contributed by atoms with van der Waals surface area (Å²) in [5.74, 6) is 0.954. The maximum Gasteiger partial charge on any atom is 0.264 e. The lowest BCUT2D eigenvalue weighted by Gasteiger charge is -2.32. The molecule has 1 N–H and O–H groups in total. The molecule has 5 rings (SSSR count). The van der Waals surface area contributed by atoms with E-state index >= 15 is 0 Å². The molecule has 1 aliphatic carbocycles. The van der Waals surface area contributed by atoms with Crippen molar-refractivity contribution in [3.63, 3.8) is 0 Å². The molecule has 0 heterocycles. The highest BCUT2D eigenvalue weighted by Crippen LogP contribution is 2.29. The van der Waals surface area contributed by atoms with E-state index in [1.54, 1.807) is 68.6 Å². The SMILES string of the molecule is COc1cccc(CN(C(=O)CN(c2ccc(Oc3ccccc3)cc2)S(=O)(=O)c2ccccc2)C(C)C(=O)NC2CCCC2)c1. The number of ether oxygens (including phenoxy) is 2. The van der Waals surface area contributed by atoms with Crippen LogP contribution in [-0.4, -0.2) is 50.9 Å². The summed E-state index contributed by atoms with van der Waals surface area (Å²) in [5.41, 5.74) is 1.02. The number of benzene rings is 4. The Labute approximate surface area is 270 Å². The lowest BCUT2D eigenvalue weighted by Crippen LogP contribution is -2.52. The Hall–Kier alpha value is -4.83. The fourth-order valence-corrected chi connectivity index (χ4v) is 6.93. The van der Waals surface area contributed by atoms with Gasteiger partial charge in [0, 0.05) is 12.6 Å². The normalized spacial score (nSPS) is 13.9. The van der Waals surface area contributed by atoms with E-state index in [-0.39, 0.29) is 29.1 Å². The minimum Gasteiger partial charge on any atom is -0.497 e. The average Bonchev–Trinajstić information content (AvgIpc) is 3.60. The number of amides is 2. The third kappa shape index (κ3) is 8.06. The zero-order valence-corrected chi connectivity index (χ0v) is 26.9. The maximum atomic E-state index is 14.2. The highest BCUT2D eigenvalue weighted by molar-refractivity contribution is 7.92. The minimum atomic E-state index is -4.18. The Kier molecular flexibility index (Phi) is 10.6. The zero-order chi connectivity index (χ0) is 32.5. The second-order valence-electron chi connectivity index (χ2n) is 11.3. The van der Waals surface area contributed by atoms with Crippen LogP contribution in [0.3, 0.4) is 0 Å². The van der Waals surface area contributed by atoms with Crippen LogP contribution in [-0.2, 0) is 26.2 Å². The molecular weight excluding hydrogens is 602 g/mol. The Balaban J connectivity index is 1.46. The third-order valence-electron chi connectivity index (χ3n) is 8.07. The lowest BCUT2D eigenvalue weighted by atomic mass is 10.1. The van der Waals surface area contributed by atoms with Gasteiger partial charge in [0.1, 0.15) is 29.8 Å². The first kappa shape index (κ1) is 32.6. The van der Waals surface area contributed by atoms with Gasteiger partial charge in [0.15, 0.2) is 0 Å². The van der Waals surface area contributed by atoms with Crippen LogP contribution in [0.2, 0.25) is 0 Å². The number of carbonyl (C=O) groups is 2. The molecular formula is C36H39N3O6S. The largest absolute Gasteiger partial charge is 0.497 e. The van der Waals surface area contributed by atoms with Crippen LogP contribution in [0.4, 0.5) is 5.69 Å². The summed E-state index contributed by atoms with van der Waals surface area (Å²) in [6.07, 6.45) is 3.89. The van der Waals surface area contributed by atoms with E-state index in [2.05, 4.69) is 5.32 Å². The molecule has 240 valence electrons. The summed E-state index contributed by atoms with van der Waals surface area (Å²) >= 11 is 0. The van der Waals surface area contributed by atoms with E-state index in [1.807, 2.05) is 42.5 Å². The van der Waals surface area contributed by atoms with Gasteiger partial charge in [-0.2, -0.15) is 0 Å². The van der Waals surface area contributed by atoms with Crippen molar-refractivity contribution in [2.75, 3.05) is 18.0 Å². The maximum absolute atomic E-state index is 14.2. The fraction of sp³-hybridized carbons (Fsp3) is 0.278. The van der Waals surface area contributed by atoms with Crippen molar-refractivity contribution in [3.05, 3.63) is 115 Å². The summed E-state index contributed by atoms with van der Waals surface area (Å²) in [6, 6.07) is 30.2. The molecule has 1 saturated carbocycles. The van der Waals surface area contributed by atoms with Gasteiger partial charge < -0.3 is 19.7 Å². The van der Waals surface area contributed by atoms with E-state index in [0.717, 1.165) is 35.6 Å². The summed E-state index contributed by atoms with van der Waals surface area (Å²) in [7, 11) is -2.62. The molecule has 0 saturated heterocycles. The Morgan fingerprint density at radius 1 is 0.826 bits per heavy atom. The van der Waals surface area contributed by atoms with E-state index in [1.165, 1.54) is 17.0 Å². The van der Waals surface area contributed by atoms with Gasteiger partial charge >= 0.3 is 0 Å². The number of nitrogens with zero attached hydrogens (tertiary/aromatic N) is 2. The first-order valence-corrected chi connectivity index (χ1v) is 16.8. The number of para-hydroxylation sites is 1. The van der Waals surface area contributed by atoms with Gasteiger partial charge in [-0.1, -0.05) is 61.4 Å². The molecule has 46 heavy (non-hydrogen) atoms. The Bertz CT molecular complexity index is 1710. The Morgan fingerprint density at radius 2 is 1.43 bits per heavy atom. The fourth-order valence-electron chi connectivity index (χ4n) is 5.50. The van der Waals surface area contributed by atoms with Gasteiger partial charge in [0.05, 0.1) is 17.7 Å². The van der Waals surface area contributed by atoms with Gasteiger partial charge in [-0.25, -0.2) is 8.42 Å². The molecule has 1 unspecified atom stereocenters. The van der Waals surface area contributed by atoms with Crippen LogP contribution in [0.15, 0.2) is 114 Å². The monoisotopic (exact) mass is 641 g/mol. The van der Waals surface area contributed by atoms with Gasteiger partial charge in [0.2, 0.25) is 11.8 Å². The molecule has 4 aromatic carbocycles. The van der Waals surface area contributed by atoms with Crippen molar-refractivity contribution >= 4 is 27.5 Å². The van der Waals surface area contributed by atoms with E-state index < -0.39 is 28.5 Å². The molecule has 2 amide bonds. The quantitative estimate of drug-likeness (QED) is 0.188. The molecule has 9 nitrogen and oxygen atoms in total. The first-order valence-electron chi connectivity index (χ1n) is 15.4. The molecule has 0 aromatic heterocycles. The third-order valence-corrected chi connectivity index (χ3v) is 9.86. The van der Waals surface area contributed by atoms with Crippen LogP contribution in [0, 0.1) is 0 Å². The number of sulfonamides is 1. The van der Waals surface area contributed by atoms with Crippen molar-refractivity contribution < 1.29 is 27.5 Å². The highest BCUT2D eigenvalue weighted by atomic mass is 32.2. The van der Waals surface area contributed by atoms with Gasteiger partial charge in [-0.05, 0) is 86.0 Å². The van der Waals surface area contributed by atoms with E-state index in [4.69, 9.17) is 9.47 Å². The number of rotatable bonds is 13. The Morgan fingerprint density at radius 3 is 2.09 bits per heavy atom. The molecule has 0 bridgehead atoms. The number of hydrogen-bond donors (Lipinski definition) is 1. The number of anilines is 1. The second kappa shape index (κ2) is 15.0. The van der Waals surface area contributed by atoms with Crippen molar-refractivity contribution in [1.82, 2.24) is 10.2 Å². The molecule has 1 fully saturated rings. The van der Waals surface area contributed by atoms with Crippen LogP contribution in [0.1, 0.15) is 38.2 Å². The van der Waals surface area contributed by atoms with Crippen LogP contribution >= 0.6 is 0 Å². The molecule has 4 aromatic rings. The minimum absolute atomic E-state index is 0.0405. The molecule has 0 aliphatic heterocycles. The number of nitrogens with one attached hydrogen (secondary N) is 1. The first-order chi connectivity index (χ1) is 22.2. The lowest BCUT2D eigenvalue weighted by molar-refractivity contribution is -0.139. The number of hydrogen-bond acceptors (Lipinski definition) is 6. The number of carbonyl (C=O) groups excluding carboxylic acids is 2. The predicted molar refractivity (Wildman–Crippen MR) is 177 cm³/mol. The number of methoxy groups -OCH3 is 1. The highest BCUT2D eigenvalue weighted by Gasteiger charge is 2.33. The summed E-state index contributed by atoms with van der Waals surface area (Å²) in [4.78, 5) is 29.2. The standard InChI is InChI=1S/C36H39N3O6S/c1-27(36(41)37-29-13-9-10-14-29)38(25-28-12-11-17-33(24-28)44-2)35(40)26-39(46(42,43)34-18-7-4-8-19-34)30-20-22-32(23-21-30)45-31-15-5-3-6-16-31/h3-8,11-12,15-24,27,29H,9-10,13-14,25-26H2,1-2H3,(H,37,41). The summed E-state index contributed by atoms with van der Waals surface area (Å²) in [6.45, 7) is 1.23. The molecule has 10 heteroatoms. The van der Waals surface area contributed by atoms with Crippen LogP contribution in [0.25, 0.3) is 0 Å². The van der Waals surface area contributed by atoms with Crippen molar-refractivity contribution in [3.8, 4) is 17.2 Å². The average molecular weight is 642 g/mol. The smallest absolute Gasteiger partial charge is 0.264 e. The van der Waals surface area contributed by atoms with Crippen molar-refractivity contribution in [2.24, 2.45) is 0 Å². The molecule has 1 atom stereocenters. The van der Waals surface area contributed by atoms with E-state index in [0.29, 0.717) is 17.2 Å². The van der Waals surface area contributed by atoms with Crippen LogP contribution in [0.5, 0.6) is 17.2 Å². The van der Waals surface area contributed by atoms with E-state index in [9.17, 15) is 18.0 Å². The van der Waals surface area contributed by atoms with Gasteiger partial charge in [-0.15, -0.1) is 0 Å². The van der Waals surface area contributed by atoms with Crippen molar-refractivity contribution in [1.29, 1.82) is 0 Å². The summed E-state index contributed by atoms with van der Waals surface area (Å²) < 4.78 is 40.5. The van der Waals surface area contributed by atoms with Gasteiger partial charge in [-0.3, -0.25) is 13.9 Å². The molecule has 0 radical (unpaired) electrons. The summed E-state index contributed by atoms with van der Waals surface area (Å²) in [5, 5.41) is 3.09. The molecule has 1 aliphatic rings. The zero-order valence-electron chi connectivity index (χ0n) is 26.0. The second-order valence-corrected chi connectivity index (χ2v) is 13.1. The molecule has 0 spiro atoms. The topological polar surface area (TPSA) is 105 Å². The van der Waals surface area contributed by atoms with Crippen LogP contribution < -0.4 is 19.1 Å². The predicted octanol–water partition coefficient (Wildman–Crippen LogP) is 6.16. The van der Waals surface area contributed by atoms with Gasteiger partial charge in [0.25, 0.3) is 10.0 Å².